The van der Waals surface area contributed by atoms with Gasteiger partial charge in [-0.3, -0.25) is 14.4 Å². The Morgan fingerprint density at radius 1 is 1.03 bits per heavy atom. The van der Waals surface area contributed by atoms with E-state index in [0.717, 1.165) is 36.3 Å². The number of nitrogens with one attached hydrogen (secondary N) is 2. The van der Waals surface area contributed by atoms with Crippen LogP contribution in [0.2, 0.25) is 0 Å². The second-order valence-corrected chi connectivity index (χ2v) is 8.98. The molecular formula is C21H28ClN3O5S. The van der Waals surface area contributed by atoms with Gasteiger partial charge in [0, 0.05) is 36.4 Å². The summed E-state index contributed by atoms with van der Waals surface area (Å²) in [4.78, 5) is 13.6. The van der Waals surface area contributed by atoms with Crippen LogP contribution in [0.3, 0.4) is 0 Å². The fraction of sp³-hybridized carbons (Fsp3) is 0.381. The number of carbonyl (C=O) groups is 1. The van der Waals surface area contributed by atoms with Gasteiger partial charge in [-0.15, -0.1) is 12.4 Å². The summed E-state index contributed by atoms with van der Waals surface area (Å²) in [5.74, 6) is 1.54. The Hall–Kier alpha value is -2.49. The van der Waals surface area contributed by atoms with Crippen LogP contribution in [-0.2, 0) is 21.2 Å². The van der Waals surface area contributed by atoms with Gasteiger partial charge in [0.25, 0.3) is 0 Å². The zero-order valence-corrected chi connectivity index (χ0v) is 19.2. The number of carbonyl (C=O) groups excluding carboxylic acids is 1. The Morgan fingerprint density at radius 2 is 1.71 bits per heavy atom. The Balaban J connectivity index is 0.00000341. The summed E-state index contributed by atoms with van der Waals surface area (Å²) >= 11 is 0. The van der Waals surface area contributed by atoms with Crippen molar-refractivity contribution in [3.8, 4) is 11.5 Å². The molecule has 0 unspecified atom stereocenters. The van der Waals surface area contributed by atoms with Crippen molar-refractivity contribution in [3.63, 3.8) is 0 Å². The second-order valence-electron chi connectivity index (χ2n) is 7.23. The number of ether oxygens (including phenoxy) is 2. The minimum absolute atomic E-state index is 0. The predicted octanol–water partition coefficient (Wildman–Crippen LogP) is 2.75. The van der Waals surface area contributed by atoms with Crippen LogP contribution in [0.15, 0.2) is 42.5 Å². The van der Waals surface area contributed by atoms with E-state index in [-0.39, 0.29) is 18.3 Å². The largest absolute Gasteiger partial charge is 0.492 e. The number of hydrogen-bond donors (Lipinski definition) is 2. The lowest BCUT2D eigenvalue weighted by atomic mass is 10.0. The number of anilines is 2. The van der Waals surface area contributed by atoms with E-state index in [4.69, 9.17) is 9.47 Å². The highest BCUT2D eigenvalue weighted by Gasteiger charge is 2.18. The molecule has 0 aliphatic carbocycles. The average Bonchev–Trinajstić information content (AvgIpc) is 2.68. The molecule has 0 fully saturated rings. The van der Waals surface area contributed by atoms with Crippen LogP contribution in [0.1, 0.15) is 12.0 Å². The van der Waals surface area contributed by atoms with Gasteiger partial charge in [-0.25, -0.2) is 8.42 Å². The smallest absolute Gasteiger partial charge is 0.229 e. The molecule has 0 saturated carbocycles. The van der Waals surface area contributed by atoms with Crippen LogP contribution < -0.4 is 19.5 Å². The van der Waals surface area contributed by atoms with Crippen molar-refractivity contribution in [2.75, 3.05) is 49.6 Å². The molecule has 8 nitrogen and oxygen atoms in total. The third-order valence-electron chi connectivity index (χ3n) is 4.64. The fourth-order valence-corrected chi connectivity index (χ4v) is 3.67. The van der Waals surface area contributed by atoms with Gasteiger partial charge in [-0.1, -0.05) is 6.07 Å². The van der Waals surface area contributed by atoms with Crippen molar-refractivity contribution in [1.29, 1.82) is 0 Å². The van der Waals surface area contributed by atoms with Crippen molar-refractivity contribution in [1.82, 2.24) is 4.90 Å². The first-order chi connectivity index (χ1) is 14.3. The third-order valence-corrected chi connectivity index (χ3v) is 5.25. The molecule has 0 saturated heterocycles. The highest BCUT2D eigenvalue weighted by Crippen LogP contribution is 2.30. The highest BCUT2D eigenvalue weighted by atomic mass is 35.5. The van der Waals surface area contributed by atoms with Gasteiger partial charge >= 0.3 is 0 Å². The number of hydrogen-bond acceptors (Lipinski definition) is 6. The van der Waals surface area contributed by atoms with E-state index in [0.29, 0.717) is 37.5 Å². The quantitative estimate of drug-likeness (QED) is 0.555. The lowest BCUT2D eigenvalue weighted by Gasteiger charge is -2.21. The number of fused-ring (bicyclic) bond motifs is 1. The molecule has 0 spiro atoms. The van der Waals surface area contributed by atoms with Crippen molar-refractivity contribution in [2.45, 2.75) is 12.8 Å². The van der Waals surface area contributed by atoms with Gasteiger partial charge in [0.1, 0.15) is 24.7 Å². The molecule has 170 valence electrons. The first kappa shape index (κ1) is 24.8. The molecule has 1 aliphatic heterocycles. The molecular weight excluding hydrogens is 442 g/mol. The lowest BCUT2D eigenvalue weighted by molar-refractivity contribution is -0.116. The molecule has 2 aromatic carbocycles. The van der Waals surface area contributed by atoms with E-state index < -0.39 is 10.0 Å². The molecule has 0 radical (unpaired) electrons. The predicted molar refractivity (Wildman–Crippen MR) is 124 cm³/mol. The number of sulfonamides is 1. The zero-order chi connectivity index (χ0) is 21.6. The maximum absolute atomic E-state index is 11.5. The van der Waals surface area contributed by atoms with E-state index in [2.05, 4.69) is 14.9 Å². The normalized spacial score (nSPS) is 13.1. The van der Waals surface area contributed by atoms with Gasteiger partial charge in [-0.2, -0.15) is 0 Å². The summed E-state index contributed by atoms with van der Waals surface area (Å²) < 4.78 is 36.5. The lowest BCUT2D eigenvalue weighted by Crippen LogP contribution is -2.29. The molecule has 0 aromatic heterocycles. The summed E-state index contributed by atoms with van der Waals surface area (Å²) in [5, 5.41) is 2.88. The van der Waals surface area contributed by atoms with Crippen LogP contribution in [0.5, 0.6) is 11.5 Å². The maximum atomic E-state index is 11.5. The standard InChI is InChI=1S/C21H27N3O5S.ClH/c1-24(12-14-28-17-8-6-16(7-9-17)23-30(2,26)27)13-15-29-20-5-3-4-19-18(20)10-11-21(25)22-19;/h3-9,23H,10-15H2,1-2H3,(H,22,25);1H. The minimum atomic E-state index is -3.28. The molecule has 2 aromatic rings. The molecule has 1 heterocycles. The number of amides is 1. The number of likely N-dealkylation sites (N-methyl/N-ethyl adjacent to an activating group) is 1. The van der Waals surface area contributed by atoms with Gasteiger partial charge in [0.2, 0.25) is 15.9 Å². The van der Waals surface area contributed by atoms with E-state index in [1.807, 2.05) is 25.2 Å². The van der Waals surface area contributed by atoms with Crippen LogP contribution in [0, 0.1) is 0 Å². The van der Waals surface area contributed by atoms with Crippen molar-refractivity contribution < 1.29 is 22.7 Å². The molecule has 3 rings (SSSR count). The zero-order valence-electron chi connectivity index (χ0n) is 17.6. The first-order valence-corrected chi connectivity index (χ1v) is 11.6. The summed E-state index contributed by atoms with van der Waals surface area (Å²) in [7, 11) is -1.29. The number of benzene rings is 2. The van der Waals surface area contributed by atoms with Gasteiger partial charge < -0.3 is 14.8 Å². The summed E-state index contributed by atoms with van der Waals surface area (Å²) in [5.41, 5.74) is 2.39. The number of nitrogens with zero attached hydrogens (tertiary/aromatic N) is 1. The molecule has 0 bridgehead atoms. The first-order valence-electron chi connectivity index (χ1n) is 9.74. The van der Waals surface area contributed by atoms with Gasteiger partial charge in [0.05, 0.1) is 6.26 Å². The monoisotopic (exact) mass is 469 g/mol. The maximum Gasteiger partial charge on any atom is 0.229 e. The third kappa shape index (κ3) is 7.93. The van der Waals surface area contributed by atoms with Gasteiger partial charge in [0.15, 0.2) is 0 Å². The molecule has 2 N–H and O–H groups in total. The molecule has 1 amide bonds. The van der Waals surface area contributed by atoms with E-state index in [1.54, 1.807) is 24.3 Å². The Morgan fingerprint density at radius 3 is 2.39 bits per heavy atom. The Labute approximate surface area is 189 Å². The SMILES string of the molecule is CN(CCOc1ccc(NS(C)(=O)=O)cc1)CCOc1cccc2c1CCC(=O)N2.Cl. The van der Waals surface area contributed by atoms with Crippen LogP contribution in [0.4, 0.5) is 11.4 Å². The Bertz CT molecular complexity index is 983. The average molecular weight is 470 g/mol. The molecule has 1 aliphatic rings. The number of halogens is 1. The highest BCUT2D eigenvalue weighted by molar-refractivity contribution is 7.92. The van der Waals surface area contributed by atoms with E-state index in [1.165, 1.54) is 0 Å². The van der Waals surface area contributed by atoms with Crippen LogP contribution in [-0.4, -0.2) is 58.8 Å². The van der Waals surface area contributed by atoms with Crippen LogP contribution in [0.25, 0.3) is 0 Å². The Kier molecular flexibility index (Phi) is 8.97. The molecule has 31 heavy (non-hydrogen) atoms. The summed E-state index contributed by atoms with van der Waals surface area (Å²) in [6.07, 6.45) is 2.29. The fourth-order valence-electron chi connectivity index (χ4n) is 3.10. The topological polar surface area (TPSA) is 97.0 Å². The van der Waals surface area contributed by atoms with E-state index in [9.17, 15) is 13.2 Å². The summed E-state index contributed by atoms with van der Waals surface area (Å²) in [6, 6.07) is 12.5. The van der Waals surface area contributed by atoms with Crippen LogP contribution >= 0.6 is 12.4 Å². The van der Waals surface area contributed by atoms with E-state index >= 15 is 0 Å². The minimum Gasteiger partial charge on any atom is -0.492 e. The number of rotatable bonds is 10. The van der Waals surface area contributed by atoms with Crippen molar-refractivity contribution >= 4 is 39.7 Å². The second kappa shape index (κ2) is 11.2. The molecule has 10 heteroatoms. The molecule has 0 atom stereocenters. The van der Waals surface area contributed by atoms with Crippen molar-refractivity contribution in [2.24, 2.45) is 0 Å². The van der Waals surface area contributed by atoms with Gasteiger partial charge in [-0.05, 0) is 49.9 Å². The summed E-state index contributed by atoms with van der Waals surface area (Å²) in [6.45, 7) is 2.49. The van der Waals surface area contributed by atoms with Crippen molar-refractivity contribution in [3.05, 3.63) is 48.0 Å².